The normalized spacial score (nSPS) is 12.2. The van der Waals surface area contributed by atoms with E-state index in [9.17, 15) is 4.79 Å². The van der Waals surface area contributed by atoms with Crippen LogP contribution in [0.1, 0.15) is 23.9 Å². The van der Waals surface area contributed by atoms with E-state index in [1.165, 1.54) is 5.56 Å². The van der Waals surface area contributed by atoms with Gasteiger partial charge < -0.3 is 5.32 Å². The largest absolute Gasteiger partial charge is 0.322 e. The molecule has 1 heterocycles. The number of benzene rings is 1. The van der Waals surface area contributed by atoms with Crippen LogP contribution in [0.15, 0.2) is 30.3 Å². The number of thioether (sulfide) groups is 1. The molecular weight excluding hydrogens is 282 g/mol. The van der Waals surface area contributed by atoms with E-state index in [1.54, 1.807) is 16.4 Å². The SMILES string of the molecule is Cc1nn(C)c(C)c1NC(=O)C(C)SCc1ccccc1. The van der Waals surface area contributed by atoms with Crippen LogP contribution in [0.2, 0.25) is 0 Å². The van der Waals surface area contributed by atoms with Crippen LogP contribution in [0, 0.1) is 13.8 Å². The Hall–Kier alpha value is -1.75. The van der Waals surface area contributed by atoms with Gasteiger partial charge in [0.1, 0.15) is 0 Å². The number of aromatic nitrogens is 2. The van der Waals surface area contributed by atoms with Crippen molar-refractivity contribution in [2.45, 2.75) is 31.8 Å². The molecule has 0 spiro atoms. The first-order valence-corrected chi connectivity index (χ1v) is 8.00. The number of hydrogen-bond donors (Lipinski definition) is 1. The molecule has 0 aliphatic heterocycles. The predicted molar refractivity (Wildman–Crippen MR) is 88.5 cm³/mol. The van der Waals surface area contributed by atoms with Crippen molar-refractivity contribution in [1.29, 1.82) is 0 Å². The average Bonchev–Trinajstić information content (AvgIpc) is 2.72. The van der Waals surface area contributed by atoms with E-state index >= 15 is 0 Å². The molecule has 1 aromatic heterocycles. The predicted octanol–water partition coefficient (Wildman–Crippen LogP) is 3.30. The number of carbonyl (C=O) groups is 1. The third-order valence-corrected chi connectivity index (χ3v) is 4.68. The lowest BCUT2D eigenvalue weighted by molar-refractivity contribution is -0.115. The molecule has 2 aromatic rings. The molecule has 0 aliphatic rings. The highest BCUT2D eigenvalue weighted by Gasteiger charge is 2.17. The zero-order valence-electron chi connectivity index (χ0n) is 12.9. The maximum absolute atomic E-state index is 12.3. The van der Waals surface area contributed by atoms with E-state index in [4.69, 9.17) is 0 Å². The molecule has 0 saturated carbocycles. The number of aryl methyl sites for hydroxylation is 2. The summed E-state index contributed by atoms with van der Waals surface area (Å²) in [6.45, 7) is 5.80. The van der Waals surface area contributed by atoms with Crippen LogP contribution >= 0.6 is 11.8 Å². The summed E-state index contributed by atoms with van der Waals surface area (Å²) in [5.41, 5.74) is 3.88. The fraction of sp³-hybridized carbons (Fsp3) is 0.375. The Morgan fingerprint density at radius 2 is 2.00 bits per heavy atom. The van der Waals surface area contributed by atoms with E-state index in [-0.39, 0.29) is 11.2 Å². The molecule has 5 heteroatoms. The highest BCUT2D eigenvalue weighted by atomic mass is 32.2. The number of carbonyl (C=O) groups excluding carboxylic acids is 1. The Balaban J connectivity index is 1.93. The lowest BCUT2D eigenvalue weighted by Gasteiger charge is -2.12. The van der Waals surface area contributed by atoms with Crippen LogP contribution in [0.25, 0.3) is 0 Å². The summed E-state index contributed by atoms with van der Waals surface area (Å²) in [7, 11) is 1.88. The molecule has 1 amide bonds. The fourth-order valence-electron chi connectivity index (χ4n) is 2.05. The standard InChI is InChI=1S/C16H21N3OS/c1-11-15(12(2)19(4)18-11)17-16(20)13(3)21-10-14-8-6-5-7-9-14/h5-9,13H,10H2,1-4H3,(H,17,20). The van der Waals surface area contributed by atoms with Gasteiger partial charge in [0.15, 0.2) is 0 Å². The van der Waals surface area contributed by atoms with Gasteiger partial charge in [0.25, 0.3) is 0 Å². The molecule has 0 saturated heterocycles. The monoisotopic (exact) mass is 303 g/mol. The van der Waals surface area contributed by atoms with Crippen molar-refractivity contribution in [2.75, 3.05) is 5.32 Å². The fourth-order valence-corrected chi connectivity index (χ4v) is 2.90. The van der Waals surface area contributed by atoms with E-state index in [0.717, 1.165) is 22.8 Å². The Kier molecular flexibility index (Phi) is 5.07. The maximum Gasteiger partial charge on any atom is 0.237 e. The van der Waals surface area contributed by atoms with Crippen molar-refractivity contribution in [1.82, 2.24) is 9.78 Å². The molecule has 0 aliphatic carbocycles. The van der Waals surface area contributed by atoms with Crippen LogP contribution < -0.4 is 5.32 Å². The molecule has 1 aromatic carbocycles. The second-order valence-electron chi connectivity index (χ2n) is 5.10. The number of hydrogen-bond acceptors (Lipinski definition) is 3. The van der Waals surface area contributed by atoms with Crippen LogP contribution in [-0.4, -0.2) is 20.9 Å². The third kappa shape index (κ3) is 3.88. The molecule has 4 nitrogen and oxygen atoms in total. The minimum absolute atomic E-state index is 0.0233. The average molecular weight is 303 g/mol. The van der Waals surface area contributed by atoms with E-state index in [2.05, 4.69) is 22.5 Å². The summed E-state index contributed by atoms with van der Waals surface area (Å²) in [6, 6.07) is 10.2. The zero-order chi connectivity index (χ0) is 15.4. The molecule has 1 unspecified atom stereocenters. The van der Waals surface area contributed by atoms with E-state index in [0.29, 0.717) is 0 Å². The summed E-state index contributed by atoms with van der Waals surface area (Å²) in [5, 5.41) is 7.20. The Bertz CT molecular complexity index is 622. The number of amides is 1. The second-order valence-corrected chi connectivity index (χ2v) is 6.43. The topological polar surface area (TPSA) is 46.9 Å². The number of anilines is 1. The summed E-state index contributed by atoms with van der Waals surface area (Å²) in [6.07, 6.45) is 0. The first-order chi connectivity index (χ1) is 9.99. The van der Waals surface area contributed by atoms with Crippen LogP contribution in [0.4, 0.5) is 5.69 Å². The van der Waals surface area contributed by atoms with Crippen LogP contribution in [0.3, 0.4) is 0 Å². The van der Waals surface area contributed by atoms with Crippen molar-refractivity contribution < 1.29 is 4.79 Å². The van der Waals surface area contributed by atoms with Gasteiger partial charge in [-0.1, -0.05) is 30.3 Å². The molecule has 2 rings (SSSR count). The van der Waals surface area contributed by atoms with Crippen molar-refractivity contribution in [3.8, 4) is 0 Å². The first kappa shape index (κ1) is 15.6. The molecule has 1 atom stereocenters. The second kappa shape index (κ2) is 6.80. The van der Waals surface area contributed by atoms with Crippen LogP contribution in [-0.2, 0) is 17.6 Å². The van der Waals surface area contributed by atoms with Gasteiger partial charge in [0.05, 0.1) is 22.3 Å². The molecule has 0 radical (unpaired) electrons. The van der Waals surface area contributed by atoms with Gasteiger partial charge in [0.2, 0.25) is 5.91 Å². The smallest absolute Gasteiger partial charge is 0.237 e. The minimum Gasteiger partial charge on any atom is -0.322 e. The summed E-state index contributed by atoms with van der Waals surface area (Å²) >= 11 is 1.64. The van der Waals surface area contributed by atoms with Gasteiger partial charge in [-0.05, 0) is 26.3 Å². The third-order valence-electron chi connectivity index (χ3n) is 3.47. The maximum atomic E-state index is 12.3. The van der Waals surface area contributed by atoms with E-state index in [1.807, 2.05) is 46.0 Å². The molecule has 0 fully saturated rings. The number of rotatable bonds is 5. The molecule has 21 heavy (non-hydrogen) atoms. The lowest BCUT2D eigenvalue weighted by Crippen LogP contribution is -2.23. The van der Waals surface area contributed by atoms with Crippen LogP contribution in [0.5, 0.6) is 0 Å². The molecule has 1 N–H and O–H groups in total. The molecular formula is C16H21N3OS. The van der Waals surface area contributed by atoms with Crippen molar-refractivity contribution in [3.05, 3.63) is 47.3 Å². The van der Waals surface area contributed by atoms with Crippen molar-refractivity contribution in [3.63, 3.8) is 0 Å². The lowest BCUT2D eigenvalue weighted by atomic mass is 10.2. The minimum atomic E-state index is -0.107. The van der Waals surface area contributed by atoms with Gasteiger partial charge in [-0.3, -0.25) is 9.48 Å². The van der Waals surface area contributed by atoms with Gasteiger partial charge in [-0.2, -0.15) is 5.10 Å². The first-order valence-electron chi connectivity index (χ1n) is 6.95. The highest BCUT2D eigenvalue weighted by Crippen LogP contribution is 2.22. The number of nitrogens with one attached hydrogen (secondary N) is 1. The molecule has 112 valence electrons. The summed E-state index contributed by atoms with van der Waals surface area (Å²) in [4.78, 5) is 12.3. The molecule has 0 bridgehead atoms. The summed E-state index contributed by atoms with van der Waals surface area (Å²) < 4.78 is 1.78. The highest BCUT2D eigenvalue weighted by molar-refractivity contribution is 7.99. The van der Waals surface area contributed by atoms with E-state index < -0.39 is 0 Å². The van der Waals surface area contributed by atoms with Crippen molar-refractivity contribution >= 4 is 23.4 Å². The van der Waals surface area contributed by atoms with Crippen molar-refractivity contribution in [2.24, 2.45) is 7.05 Å². The van der Waals surface area contributed by atoms with Gasteiger partial charge in [0, 0.05) is 12.8 Å². The quantitative estimate of drug-likeness (QED) is 0.922. The van der Waals surface area contributed by atoms with Gasteiger partial charge >= 0.3 is 0 Å². The summed E-state index contributed by atoms with van der Waals surface area (Å²) in [5.74, 6) is 0.857. The Labute approximate surface area is 129 Å². The number of nitrogens with zero attached hydrogens (tertiary/aromatic N) is 2. The van der Waals surface area contributed by atoms with Gasteiger partial charge in [-0.15, -0.1) is 11.8 Å². The Morgan fingerprint density at radius 3 is 2.57 bits per heavy atom. The Morgan fingerprint density at radius 1 is 1.33 bits per heavy atom. The zero-order valence-corrected chi connectivity index (χ0v) is 13.7. The van der Waals surface area contributed by atoms with Gasteiger partial charge in [-0.25, -0.2) is 0 Å².